The molecule has 1 amide bonds. The van der Waals surface area contributed by atoms with Crippen LogP contribution in [-0.2, 0) is 16.0 Å². The fourth-order valence-corrected chi connectivity index (χ4v) is 4.86. The zero-order chi connectivity index (χ0) is 23.8. The van der Waals surface area contributed by atoms with Crippen LogP contribution in [0.1, 0.15) is 30.3 Å². The molecule has 2 heterocycles. The molecule has 0 saturated heterocycles. The third-order valence-corrected chi connectivity index (χ3v) is 6.45. The predicted octanol–water partition coefficient (Wildman–Crippen LogP) is 3.67. The number of hydrogen-bond donors (Lipinski definition) is 1. The van der Waals surface area contributed by atoms with Gasteiger partial charge in [0.15, 0.2) is 0 Å². The summed E-state index contributed by atoms with van der Waals surface area (Å²) in [4.78, 5) is 18.3. The Labute approximate surface area is 199 Å². The van der Waals surface area contributed by atoms with Crippen LogP contribution >= 0.6 is 11.3 Å². The van der Waals surface area contributed by atoms with E-state index in [-0.39, 0.29) is 43.6 Å². The Morgan fingerprint density at radius 1 is 1.42 bits per heavy atom. The van der Waals surface area contributed by atoms with Crippen LogP contribution in [0.25, 0.3) is 0 Å². The van der Waals surface area contributed by atoms with Gasteiger partial charge in [-0.05, 0) is 49.4 Å². The average molecular weight is 477 g/mol. The van der Waals surface area contributed by atoms with Crippen LogP contribution < -0.4 is 4.74 Å². The molecule has 1 aromatic carbocycles. The minimum absolute atomic E-state index is 0.0288. The molecular weight excluding hydrogens is 443 g/mol. The summed E-state index contributed by atoms with van der Waals surface area (Å²) >= 11 is 1.68. The predicted molar refractivity (Wildman–Crippen MR) is 128 cm³/mol. The first-order chi connectivity index (χ1) is 15.9. The van der Waals surface area contributed by atoms with Gasteiger partial charge in [-0.3, -0.25) is 9.69 Å². The summed E-state index contributed by atoms with van der Waals surface area (Å²) in [6, 6.07) is 7.81. The molecule has 0 bridgehead atoms. The molecule has 0 unspecified atom stereocenters. The largest absolute Gasteiger partial charge is 0.491 e. The number of thiophene rings is 1. The fraction of sp³-hybridized carbons (Fsp3) is 0.480. The SMILES string of the molecule is C=CCN(CC(=O)N1CCc2sccc2[C@H]1COc1cccc(F)c1)C[C@H](O)COC(C)C. The van der Waals surface area contributed by atoms with Crippen LogP contribution in [0.5, 0.6) is 5.75 Å². The van der Waals surface area contributed by atoms with Crippen LogP contribution in [0.3, 0.4) is 0 Å². The normalized spacial score (nSPS) is 16.7. The highest BCUT2D eigenvalue weighted by atomic mass is 32.1. The van der Waals surface area contributed by atoms with Gasteiger partial charge in [0.2, 0.25) is 5.91 Å². The zero-order valence-corrected chi connectivity index (χ0v) is 20.1. The summed E-state index contributed by atoms with van der Waals surface area (Å²) in [5.41, 5.74) is 1.08. The van der Waals surface area contributed by atoms with Crippen molar-refractivity contribution in [3.05, 3.63) is 64.6 Å². The number of amides is 1. The van der Waals surface area contributed by atoms with Gasteiger partial charge in [0.25, 0.3) is 0 Å². The molecular formula is C25H33FN2O4S. The molecule has 8 heteroatoms. The second-order valence-electron chi connectivity index (χ2n) is 8.44. The number of benzene rings is 1. The highest BCUT2D eigenvalue weighted by Gasteiger charge is 2.33. The molecule has 0 spiro atoms. The molecule has 180 valence electrons. The highest BCUT2D eigenvalue weighted by molar-refractivity contribution is 7.10. The Morgan fingerprint density at radius 3 is 2.97 bits per heavy atom. The summed E-state index contributed by atoms with van der Waals surface area (Å²) in [5.74, 6) is 0.0326. The molecule has 3 rings (SSSR count). The van der Waals surface area contributed by atoms with E-state index in [1.165, 1.54) is 17.0 Å². The number of hydrogen-bond acceptors (Lipinski definition) is 6. The van der Waals surface area contributed by atoms with E-state index in [4.69, 9.17) is 9.47 Å². The Morgan fingerprint density at radius 2 is 2.24 bits per heavy atom. The smallest absolute Gasteiger partial charge is 0.237 e. The molecule has 2 aromatic rings. The van der Waals surface area contributed by atoms with E-state index in [1.807, 2.05) is 35.1 Å². The maximum Gasteiger partial charge on any atom is 0.237 e. The van der Waals surface area contributed by atoms with Gasteiger partial charge in [0, 0.05) is 30.6 Å². The lowest BCUT2D eigenvalue weighted by Crippen LogP contribution is -2.48. The molecule has 1 aliphatic heterocycles. The first-order valence-electron chi connectivity index (χ1n) is 11.2. The van der Waals surface area contributed by atoms with E-state index >= 15 is 0 Å². The monoisotopic (exact) mass is 476 g/mol. The molecule has 0 fully saturated rings. The average Bonchev–Trinajstić information content (AvgIpc) is 3.25. The zero-order valence-electron chi connectivity index (χ0n) is 19.3. The van der Waals surface area contributed by atoms with Crippen molar-refractivity contribution >= 4 is 17.2 Å². The molecule has 0 saturated carbocycles. The van der Waals surface area contributed by atoms with Crippen LogP contribution in [0.2, 0.25) is 0 Å². The van der Waals surface area contributed by atoms with Crippen molar-refractivity contribution in [2.24, 2.45) is 0 Å². The van der Waals surface area contributed by atoms with Crippen LogP contribution in [0.4, 0.5) is 4.39 Å². The molecule has 1 N–H and O–H groups in total. The van der Waals surface area contributed by atoms with Crippen molar-refractivity contribution in [1.82, 2.24) is 9.80 Å². The summed E-state index contributed by atoms with van der Waals surface area (Å²) in [6.45, 7) is 9.60. The van der Waals surface area contributed by atoms with E-state index in [1.54, 1.807) is 29.5 Å². The van der Waals surface area contributed by atoms with Gasteiger partial charge in [0.05, 0.1) is 31.4 Å². The number of rotatable bonds is 12. The van der Waals surface area contributed by atoms with Gasteiger partial charge in [-0.1, -0.05) is 12.1 Å². The fourth-order valence-electron chi connectivity index (χ4n) is 3.93. The molecule has 6 nitrogen and oxygen atoms in total. The van der Waals surface area contributed by atoms with Gasteiger partial charge in [-0.15, -0.1) is 17.9 Å². The number of aliphatic hydroxyl groups excluding tert-OH is 1. The van der Waals surface area contributed by atoms with Crippen molar-refractivity contribution in [3.8, 4) is 5.75 Å². The summed E-state index contributed by atoms with van der Waals surface area (Å²) in [6.07, 6.45) is 1.85. The van der Waals surface area contributed by atoms with Crippen molar-refractivity contribution in [1.29, 1.82) is 0 Å². The van der Waals surface area contributed by atoms with E-state index in [0.29, 0.717) is 25.4 Å². The molecule has 1 aromatic heterocycles. The van der Waals surface area contributed by atoms with E-state index in [0.717, 1.165) is 12.0 Å². The second kappa shape index (κ2) is 12.3. The van der Waals surface area contributed by atoms with E-state index < -0.39 is 6.10 Å². The molecule has 0 radical (unpaired) electrons. The van der Waals surface area contributed by atoms with Crippen molar-refractivity contribution in [2.45, 2.75) is 38.5 Å². The van der Waals surface area contributed by atoms with E-state index in [9.17, 15) is 14.3 Å². The number of aliphatic hydroxyl groups is 1. The number of carbonyl (C=O) groups is 1. The van der Waals surface area contributed by atoms with Gasteiger partial charge < -0.3 is 19.5 Å². The van der Waals surface area contributed by atoms with Crippen molar-refractivity contribution < 1.29 is 23.8 Å². The first-order valence-corrected chi connectivity index (χ1v) is 12.1. The third kappa shape index (κ3) is 7.37. The minimum Gasteiger partial charge on any atom is -0.491 e. The number of fused-ring (bicyclic) bond motifs is 1. The lowest BCUT2D eigenvalue weighted by atomic mass is 10.0. The number of carbonyl (C=O) groups excluding carboxylic acids is 1. The Kier molecular flexibility index (Phi) is 9.43. The summed E-state index contributed by atoms with van der Waals surface area (Å²) in [5, 5.41) is 12.4. The number of halogens is 1. The lowest BCUT2D eigenvalue weighted by molar-refractivity contribution is -0.136. The maximum atomic E-state index is 13.6. The van der Waals surface area contributed by atoms with Crippen molar-refractivity contribution in [3.63, 3.8) is 0 Å². The first kappa shape index (κ1) is 25.4. The quantitative estimate of drug-likeness (QED) is 0.474. The molecule has 0 aliphatic carbocycles. The summed E-state index contributed by atoms with van der Waals surface area (Å²) < 4.78 is 24.9. The van der Waals surface area contributed by atoms with Crippen molar-refractivity contribution in [2.75, 3.05) is 39.4 Å². The Bertz CT molecular complexity index is 919. The Hall–Kier alpha value is -2.26. The highest BCUT2D eigenvalue weighted by Crippen LogP contribution is 2.34. The minimum atomic E-state index is -0.697. The number of nitrogens with zero attached hydrogens (tertiary/aromatic N) is 2. The van der Waals surface area contributed by atoms with Gasteiger partial charge in [-0.2, -0.15) is 0 Å². The van der Waals surface area contributed by atoms with Gasteiger partial charge in [0.1, 0.15) is 18.2 Å². The maximum absolute atomic E-state index is 13.6. The summed E-state index contributed by atoms with van der Waals surface area (Å²) in [7, 11) is 0. The standard InChI is InChI=1S/C25H33FN2O4S/c1-4-10-27(14-20(29)16-31-18(2)3)15-25(30)28-11-8-24-22(9-12-33-24)23(28)17-32-21-7-5-6-19(26)13-21/h4-7,9,12-13,18,20,23,29H,1,8,10-11,14-17H2,2-3H3/t20-,23+/m0/s1. The molecule has 2 atom stereocenters. The third-order valence-electron chi connectivity index (χ3n) is 5.46. The Balaban J connectivity index is 1.68. The van der Waals surface area contributed by atoms with Crippen LogP contribution in [0.15, 0.2) is 48.4 Å². The topological polar surface area (TPSA) is 62.2 Å². The van der Waals surface area contributed by atoms with E-state index in [2.05, 4.69) is 6.58 Å². The van der Waals surface area contributed by atoms with Gasteiger partial charge in [-0.25, -0.2) is 4.39 Å². The van der Waals surface area contributed by atoms with Gasteiger partial charge >= 0.3 is 0 Å². The molecule has 33 heavy (non-hydrogen) atoms. The lowest BCUT2D eigenvalue weighted by Gasteiger charge is -2.37. The molecule has 1 aliphatic rings. The van der Waals surface area contributed by atoms with Crippen LogP contribution in [0, 0.1) is 5.82 Å². The van der Waals surface area contributed by atoms with Crippen LogP contribution in [-0.4, -0.2) is 72.4 Å². The number of ether oxygens (including phenoxy) is 2. The second-order valence-corrected chi connectivity index (χ2v) is 9.44.